The number of nitrogens with one attached hydrogen (secondary N) is 2. The van der Waals surface area contributed by atoms with Gasteiger partial charge in [-0.1, -0.05) is 6.42 Å². The van der Waals surface area contributed by atoms with Crippen molar-refractivity contribution in [2.24, 2.45) is 0 Å². The number of nitrogens with zero attached hydrogens (tertiary/aromatic N) is 1. The van der Waals surface area contributed by atoms with Crippen LogP contribution in [0.25, 0.3) is 0 Å². The highest BCUT2D eigenvalue weighted by molar-refractivity contribution is 4.99. The molecule has 16 heavy (non-hydrogen) atoms. The highest BCUT2D eigenvalue weighted by Crippen LogP contribution is 2.17. The Labute approximate surface area is 93.5 Å². The molecule has 5 nitrogen and oxygen atoms in total. The van der Waals surface area contributed by atoms with E-state index in [4.69, 9.17) is 0 Å². The number of aromatic amines is 2. The predicted octanol–water partition coefficient (Wildman–Crippen LogP) is 0.438. The fourth-order valence-electron chi connectivity index (χ4n) is 2.22. The van der Waals surface area contributed by atoms with E-state index in [0.717, 1.165) is 6.54 Å². The Morgan fingerprint density at radius 3 is 2.88 bits per heavy atom. The second-order valence-corrected chi connectivity index (χ2v) is 4.43. The molecule has 0 radical (unpaired) electrons. The third-order valence-corrected chi connectivity index (χ3v) is 3.13. The van der Waals surface area contributed by atoms with E-state index < -0.39 is 5.69 Å². The van der Waals surface area contributed by atoms with E-state index in [1.54, 1.807) is 0 Å². The molecule has 1 fully saturated rings. The first kappa shape index (κ1) is 11.1. The van der Waals surface area contributed by atoms with Crippen molar-refractivity contribution in [2.45, 2.75) is 38.8 Å². The highest BCUT2D eigenvalue weighted by atomic mass is 16.2. The monoisotopic (exact) mass is 223 g/mol. The molecule has 1 atom stereocenters. The van der Waals surface area contributed by atoms with Crippen LogP contribution in [-0.2, 0) is 6.54 Å². The van der Waals surface area contributed by atoms with Crippen LogP contribution in [0.1, 0.15) is 31.9 Å². The predicted molar refractivity (Wildman–Crippen MR) is 61.4 cm³/mol. The van der Waals surface area contributed by atoms with E-state index in [2.05, 4.69) is 21.8 Å². The van der Waals surface area contributed by atoms with Gasteiger partial charge in [0.25, 0.3) is 5.56 Å². The summed E-state index contributed by atoms with van der Waals surface area (Å²) in [6.07, 6.45) is 3.65. The molecule has 0 bridgehead atoms. The zero-order valence-corrected chi connectivity index (χ0v) is 9.45. The van der Waals surface area contributed by atoms with Crippen LogP contribution in [0.15, 0.2) is 15.7 Å². The molecule has 2 rings (SSSR count). The van der Waals surface area contributed by atoms with E-state index in [1.165, 1.54) is 25.3 Å². The number of likely N-dealkylation sites (tertiary alicyclic amines) is 1. The van der Waals surface area contributed by atoms with Gasteiger partial charge >= 0.3 is 5.69 Å². The lowest BCUT2D eigenvalue weighted by Gasteiger charge is -2.32. The van der Waals surface area contributed by atoms with E-state index in [-0.39, 0.29) is 5.56 Å². The third-order valence-electron chi connectivity index (χ3n) is 3.13. The van der Waals surface area contributed by atoms with Crippen molar-refractivity contribution >= 4 is 0 Å². The molecule has 0 aliphatic carbocycles. The average molecular weight is 223 g/mol. The summed E-state index contributed by atoms with van der Waals surface area (Å²) >= 11 is 0. The summed E-state index contributed by atoms with van der Waals surface area (Å²) in [5.41, 5.74) is -0.0573. The lowest BCUT2D eigenvalue weighted by Crippen LogP contribution is -2.38. The van der Waals surface area contributed by atoms with Gasteiger partial charge in [-0.25, -0.2) is 4.79 Å². The maximum Gasteiger partial charge on any atom is 0.325 e. The normalized spacial score (nSPS) is 22.2. The van der Waals surface area contributed by atoms with Crippen molar-refractivity contribution in [1.82, 2.24) is 14.9 Å². The highest BCUT2D eigenvalue weighted by Gasteiger charge is 2.18. The van der Waals surface area contributed by atoms with Gasteiger partial charge in [-0.3, -0.25) is 14.7 Å². The zero-order chi connectivity index (χ0) is 11.5. The van der Waals surface area contributed by atoms with Crippen molar-refractivity contribution in [3.05, 3.63) is 32.6 Å². The van der Waals surface area contributed by atoms with Gasteiger partial charge < -0.3 is 4.98 Å². The zero-order valence-electron chi connectivity index (χ0n) is 9.45. The maximum absolute atomic E-state index is 11.1. The number of rotatable bonds is 2. The molecule has 1 saturated heterocycles. The lowest BCUT2D eigenvalue weighted by atomic mass is 10.0. The van der Waals surface area contributed by atoms with Gasteiger partial charge in [0.05, 0.1) is 0 Å². The summed E-state index contributed by atoms with van der Waals surface area (Å²) in [5.74, 6) is 0. The molecule has 0 amide bonds. The van der Waals surface area contributed by atoms with Crippen LogP contribution in [0.3, 0.4) is 0 Å². The third kappa shape index (κ3) is 2.61. The van der Waals surface area contributed by atoms with Gasteiger partial charge in [0.2, 0.25) is 0 Å². The van der Waals surface area contributed by atoms with Crippen LogP contribution in [0.4, 0.5) is 0 Å². The van der Waals surface area contributed by atoms with Crippen LogP contribution in [0, 0.1) is 0 Å². The standard InChI is InChI=1S/C11H17N3O2/c1-8-4-2-3-5-14(8)7-9-6-10(15)13-11(16)12-9/h6,8H,2-5,7H2,1H3,(H2,12,13,15,16)/t8-/m1/s1. The van der Waals surface area contributed by atoms with Crippen LogP contribution < -0.4 is 11.2 Å². The summed E-state index contributed by atoms with van der Waals surface area (Å²) in [7, 11) is 0. The molecule has 0 saturated carbocycles. The second kappa shape index (κ2) is 4.65. The molecular formula is C11H17N3O2. The summed E-state index contributed by atoms with van der Waals surface area (Å²) in [6, 6.07) is 1.99. The topological polar surface area (TPSA) is 69.0 Å². The van der Waals surface area contributed by atoms with Crippen LogP contribution >= 0.6 is 0 Å². The van der Waals surface area contributed by atoms with Crippen LogP contribution in [0.2, 0.25) is 0 Å². The first-order valence-electron chi connectivity index (χ1n) is 5.72. The molecule has 2 N–H and O–H groups in total. The van der Waals surface area contributed by atoms with Gasteiger partial charge in [0, 0.05) is 24.3 Å². The van der Waals surface area contributed by atoms with Crippen LogP contribution in [0.5, 0.6) is 0 Å². The van der Waals surface area contributed by atoms with Crippen molar-refractivity contribution in [3.8, 4) is 0 Å². The smallest absolute Gasteiger partial charge is 0.310 e. The van der Waals surface area contributed by atoms with Gasteiger partial charge in [0.1, 0.15) is 0 Å². The summed E-state index contributed by atoms with van der Waals surface area (Å²) in [5, 5.41) is 0. The largest absolute Gasteiger partial charge is 0.325 e. The Balaban J connectivity index is 2.13. The number of aromatic nitrogens is 2. The minimum atomic E-state index is -0.424. The van der Waals surface area contributed by atoms with Crippen LogP contribution in [-0.4, -0.2) is 27.5 Å². The summed E-state index contributed by atoms with van der Waals surface area (Å²) in [6.45, 7) is 3.88. The molecule has 1 aromatic rings. The minimum absolute atomic E-state index is 0.330. The molecule has 1 aliphatic rings. The van der Waals surface area contributed by atoms with E-state index in [9.17, 15) is 9.59 Å². The first-order chi connectivity index (χ1) is 7.65. The fraction of sp³-hybridized carbons (Fsp3) is 0.636. The van der Waals surface area contributed by atoms with Gasteiger partial charge in [-0.05, 0) is 26.3 Å². The Morgan fingerprint density at radius 2 is 2.19 bits per heavy atom. The molecule has 88 valence electrons. The molecule has 2 heterocycles. The van der Waals surface area contributed by atoms with Gasteiger partial charge in [-0.2, -0.15) is 0 Å². The molecule has 0 spiro atoms. The Morgan fingerprint density at radius 1 is 1.38 bits per heavy atom. The number of hydrogen-bond donors (Lipinski definition) is 2. The fourth-order valence-corrected chi connectivity index (χ4v) is 2.22. The molecular weight excluding hydrogens is 206 g/mol. The maximum atomic E-state index is 11.1. The quantitative estimate of drug-likeness (QED) is 0.764. The molecule has 5 heteroatoms. The van der Waals surface area contributed by atoms with Gasteiger partial charge in [0.15, 0.2) is 0 Å². The van der Waals surface area contributed by atoms with E-state index >= 15 is 0 Å². The molecule has 1 aromatic heterocycles. The Hall–Kier alpha value is -1.36. The number of hydrogen-bond acceptors (Lipinski definition) is 3. The number of piperidine rings is 1. The molecule has 0 unspecified atom stereocenters. The average Bonchev–Trinajstić information content (AvgIpc) is 2.20. The second-order valence-electron chi connectivity index (χ2n) is 4.43. The van der Waals surface area contributed by atoms with Crippen molar-refractivity contribution in [3.63, 3.8) is 0 Å². The first-order valence-corrected chi connectivity index (χ1v) is 5.72. The lowest BCUT2D eigenvalue weighted by molar-refractivity contribution is 0.150. The summed E-state index contributed by atoms with van der Waals surface area (Å²) < 4.78 is 0. The Kier molecular flexibility index (Phi) is 3.24. The summed E-state index contributed by atoms with van der Waals surface area (Å²) in [4.78, 5) is 29.4. The molecule has 0 aromatic carbocycles. The van der Waals surface area contributed by atoms with Crippen molar-refractivity contribution in [1.29, 1.82) is 0 Å². The van der Waals surface area contributed by atoms with Crippen molar-refractivity contribution in [2.75, 3.05) is 6.54 Å². The SMILES string of the molecule is C[C@@H]1CCCCN1Cc1cc(=O)[nH]c(=O)[nH]1. The van der Waals surface area contributed by atoms with Gasteiger partial charge in [-0.15, -0.1) is 0 Å². The van der Waals surface area contributed by atoms with Crippen molar-refractivity contribution < 1.29 is 0 Å². The van der Waals surface area contributed by atoms with E-state index in [0.29, 0.717) is 18.3 Å². The van der Waals surface area contributed by atoms with E-state index in [1.807, 2.05) is 0 Å². The number of H-pyrrole nitrogens is 2. The minimum Gasteiger partial charge on any atom is -0.310 e. The molecule has 1 aliphatic heterocycles. The Bertz CT molecular complexity index is 435.